The Morgan fingerprint density at radius 1 is 1.36 bits per heavy atom. The van der Waals surface area contributed by atoms with Gasteiger partial charge in [-0.05, 0) is 42.8 Å². The monoisotopic (exact) mass is 312 g/mol. The molecule has 0 amide bonds. The van der Waals surface area contributed by atoms with Crippen molar-refractivity contribution in [2.75, 3.05) is 24.5 Å². The van der Waals surface area contributed by atoms with Crippen molar-refractivity contribution < 1.29 is 0 Å². The summed E-state index contributed by atoms with van der Waals surface area (Å²) in [5.41, 5.74) is 0. The predicted octanol–water partition coefficient (Wildman–Crippen LogP) is 3.44. The zero-order chi connectivity index (χ0) is 15.5. The molecule has 1 aromatic heterocycles. The van der Waals surface area contributed by atoms with Crippen LogP contribution < -0.4 is 4.90 Å². The molecule has 0 N–H and O–H groups in total. The lowest BCUT2D eigenvalue weighted by atomic mass is 10.1. The van der Waals surface area contributed by atoms with Crippen molar-refractivity contribution in [2.45, 2.75) is 13.0 Å². The average Bonchev–Trinajstić information content (AvgIpc) is 2.54. The van der Waals surface area contributed by atoms with Gasteiger partial charge in [0.2, 0.25) is 0 Å². The maximum absolute atomic E-state index is 9.41. The second kappa shape index (κ2) is 6.25. The molecule has 1 unspecified atom stereocenters. The third kappa shape index (κ3) is 2.72. The molecule has 0 radical (unpaired) electrons. The first-order valence-electron chi connectivity index (χ1n) is 7.30. The quantitative estimate of drug-likeness (QED) is 0.852. The third-order valence-corrected chi connectivity index (χ3v) is 4.15. The first-order chi connectivity index (χ1) is 10.7. The number of nitriles is 1. The molecule has 1 atom stereocenters. The number of rotatable bonds is 2. The van der Waals surface area contributed by atoms with E-state index in [4.69, 9.17) is 11.6 Å². The largest absolute Gasteiger partial charge is 0.359 e. The molecule has 1 fully saturated rings. The first kappa shape index (κ1) is 14.7. The van der Waals surface area contributed by atoms with Crippen LogP contribution in [-0.4, -0.2) is 35.6 Å². The van der Waals surface area contributed by atoms with Gasteiger partial charge in [0.15, 0.2) is 0 Å². The highest BCUT2D eigenvalue weighted by atomic mass is 35.5. The van der Waals surface area contributed by atoms with Gasteiger partial charge in [0.1, 0.15) is 11.9 Å². The second-order valence-electron chi connectivity index (χ2n) is 5.31. The molecular formula is C17H17ClN4. The number of fused-ring (bicyclic) bond motifs is 1. The van der Waals surface area contributed by atoms with Gasteiger partial charge in [0.25, 0.3) is 0 Å². The molecule has 1 aliphatic heterocycles. The predicted molar refractivity (Wildman–Crippen MR) is 89.9 cm³/mol. The Bertz CT molecular complexity index is 750. The van der Waals surface area contributed by atoms with Gasteiger partial charge in [0.05, 0.1) is 12.6 Å². The lowest BCUT2D eigenvalue weighted by Crippen LogP contribution is -2.50. The Morgan fingerprint density at radius 2 is 2.23 bits per heavy atom. The summed E-state index contributed by atoms with van der Waals surface area (Å²) in [7, 11) is 0. The van der Waals surface area contributed by atoms with Crippen molar-refractivity contribution >= 4 is 28.2 Å². The van der Waals surface area contributed by atoms with Crippen LogP contribution in [0.1, 0.15) is 6.92 Å². The van der Waals surface area contributed by atoms with Crippen LogP contribution in [-0.2, 0) is 0 Å². The minimum atomic E-state index is -0.158. The van der Waals surface area contributed by atoms with Crippen LogP contribution in [0.3, 0.4) is 0 Å². The number of benzene rings is 1. The Hall–Kier alpha value is -2.25. The molecule has 0 aliphatic carbocycles. The van der Waals surface area contributed by atoms with Gasteiger partial charge < -0.3 is 9.80 Å². The molecule has 5 heteroatoms. The minimum Gasteiger partial charge on any atom is -0.359 e. The summed E-state index contributed by atoms with van der Waals surface area (Å²) in [5, 5.41) is 12.3. The van der Waals surface area contributed by atoms with Crippen LogP contribution in [0.5, 0.6) is 0 Å². The molecule has 0 spiro atoms. The highest BCUT2D eigenvalue weighted by Crippen LogP contribution is 2.28. The molecule has 1 saturated heterocycles. The van der Waals surface area contributed by atoms with E-state index in [1.807, 2.05) is 43.5 Å². The number of pyridine rings is 1. The van der Waals surface area contributed by atoms with Gasteiger partial charge in [0, 0.05) is 29.7 Å². The van der Waals surface area contributed by atoms with Crippen LogP contribution in [0.15, 0.2) is 42.7 Å². The van der Waals surface area contributed by atoms with Crippen molar-refractivity contribution in [2.24, 2.45) is 0 Å². The molecule has 0 bridgehead atoms. The van der Waals surface area contributed by atoms with E-state index in [0.717, 1.165) is 34.7 Å². The summed E-state index contributed by atoms with van der Waals surface area (Å²) < 4.78 is 0. The molecule has 2 heterocycles. The number of allylic oxidation sites excluding steroid dienone is 1. The van der Waals surface area contributed by atoms with Crippen molar-refractivity contribution in [3.8, 4) is 6.07 Å². The molecule has 112 valence electrons. The van der Waals surface area contributed by atoms with Gasteiger partial charge in [-0.15, -0.1) is 0 Å². The Labute approximate surface area is 135 Å². The number of aromatic nitrogens is 1. The number of halogens is 1. The van der Waals surface area contributed by atoms with Gasteiger partial charge in [-0.1, -0.05) is 17.7 Å². The molecule has 22 heavy (non-hydrogen) atoms. The fraction of sp³-hybridized carbons (Fsp3) is 0.294. The average molecular weight is 313 g/mol. The van der Waals surface area contributed by atoms with Crippen LogP contribution in [0.2, 0.25) is 5.02 Å². The molecule has 4 nitrogen and oxygen atoms in total. The van der Waals surface area contributed by atoms with Crippen LogP contribution in [0, 0.1) is 11.3 Å². The lowest BCUT2D eigenvalue weighted by molar-refractivity contribution is 0.294. The number of anilines is 1. The molecule has 1 aromatic carbocycles. The van der Waals surface area contributed by atoms with E-state index in [1.54, 1.807) is 6.20 Å². The highest BCUT2D eigenvalue weighted by Gasteiger charge is 2.26. The van der Waals surface area contributed by atoms with Gasteiger partial charge in [-0.25, -0.2) is 4.98 Å². The molecule has 3 rings (SSSR count). The molecular weight excluding hydrogens is 296 g/mol. The Kier molecular flexibility index (Phi) is 4.17. The van der Waals surface area contributed by atoms with Gasteiger partial charge >= 0.3 is 0 Å². The van der Waals surface area contributed by atoms with Gasteiger partial charge in [-0.3, -0.25) is 0 Å². The molecule has 0 saturated carbocycles. The van der Waals surface area contributed by atoms with E-state index in [0.29, 0.717) is 6.54 Å². The summed E-state index contributed by atoms with van der Waals surface area (Å²) in [4.78, 5) is 8.80. The van der Waals surface area contributed by atoms with E-state index >= 15 is 0 Å². The fourth-order valence-corrected chi connectivity index (χ4v) is 3.04. The maximum Gasteiger partial charge on any atom is 0.136 e. The maximum atomic E-state index is 9.41. The number of nitrogens with zero attached hydrogens (tertiary/aromatic N) is 4. The van der Waals surface area contributed by atoms with Crippen molar-refractivity contribution in [3.63, 3.8) is 0 Å². The zero-order valence-electron chi connectivity index (χ0n) is 12.4. The van der Waals surface area contributed by atoms with Crippen LogP contribution in [0.4, 0.5) is 5.82 Å². The van der Waals surface area contributed by atoms with E-state index in [9.17, 15) is 5.26 Å². The Morgan fingerprint density at radius 3 is 3.00 bits per heavy atom. The topological polar surface area (TPSA) is 43.2 Å². The smallest absolute Gasteiger partial charge is 0.136 e. The summed E-state index contributed by atoms with van der Waals surface area (Å²) in [6.07, 6.45) is 5.76. The molecule has 2 aromatic rings. The van der Waals surface area contributed by atoms with Crippen molar-refractivity contribution in [1.82, 2.24) is 9.88 Å². The SMILES string of the molecule is CC=CN1CCN(c2nccc3cc(Cl)ccc23)CC1C#N. The zero-order valence-corrected chi connectivity index (χ0v) is 13.2. The summed E-state index contributed by atoms with van der Waals surface area (Å²) >= 11 is 6.06. The van der Waals surface area contributed by atoms with E-state index in [2.05, 4.69) is 20.9 Å². The van der Waals surface area contributed by atoms with Crippen LogP contribution in [0.25, 0.3) is 10.8 Å². The lowest BCUT2D eigenvalue weighted by Gasteiger charge is -2.38. The first-order valence-corrected chi connectivity index (χ1v) is 7.68. The summed E-state index contributed by atoms with van der Waals surface area (Å²) in [6, 6.07) is 10.0. The summed E-state index contributed by atoms with van der Waals surface area (Å²) in [6.45, 7) is 4.28. The van der Waals surface area contributed by atoms with E-state index in [-0.39, 0.29) is 6.04 Å². The van der Waals surface area contributed by atoms with Gasteiger partial charge in [-0.2, -0.15) is 5.26 Å². The fourth-order valence-electron chi connectivity index (χ4n) is 2.86. The van der Waals surface area contributed by atoms with E-state index in [1.165, 1.54) is 0 Å². The van der Waals surface area contributed by atoms with E-state index < -0.39 is 0 Å². The number of piperazine rings is 1. The third-order valence-electron chi connectivity index (χ3n) is 3.92. The van der Waals surface area contributed by atoms with Crippen molar-refractivity contribution in [1.29, 1.82) is 5.26 Å². The van der Waals surface area contributed by atoms with Crippen LogP contribution >= 0.6 is 11.6 Å². The second-order valence-corrected chi connectivity index (χ2v) is 5.75. The summed E-state index contributed by atoms with van der Waals surface area (Å²) in [5.74, 6) is 0.926. The highest BCUT2D eigenvalue weighted by molar-refractivity contribution is 6.31. The Balaban J connectivity index is 1.94. The van der Waals surface area contributed by atoms with Crippen molar-refractivity contribution in [3.05, 3.63) is 47.8 Å². The standard InChI is InChI=1S/C17H17ClN4/c1-2-7-21-8-9-22(12-15(21)11-19)17-16-4-3-14(18)10-13(16)5-6-20-17/h2-7,10,15H,8-9,12H2,1H3. The molecule has 1 aliphatic rings. The number of hydrogen-bond acceptors (Lipinski definition) is 4. The minimum absolute atomic E-state index is 0.158. The number of hydrogen-bond donors (Lipinski definition) is 0. The normalized spacial score (nSPS) is 18.9.